The molecule has 1 aliphatic rings. The van der Waals surface area contributed by atoms with Gasteiger partial charge in [0.25, 0.3) is 0 Å². The molecule has 0 radical (unpaired) electrons. The van der Waals surface area contributed by atoms with Gasteiger partial charge in [-0.3, -0.25) is 0 Å². The summed E-state index contributed by atoms with van der Waals surface area (Å²) in [7, 11) is -3.64. The zero-order chi connectivity index (χ0) is 13.2. The Morgan fingerprint density at radius 3 is 2.61 bits per heavy atom. The molecule has 0 unspecified atom stereocenters. The number of halogens is 1. The first-order valence-corrected chi connectivity index (χ1v) is 8.66. The minimum absolute atomic E-state index is 0.00936. The van der Waals surface area contributed by atoms with Crippen molar-refractivity contribution in [2.24, 2.45) is 0 Å². The summed E-state index contributed by atoms with van der Waals surface area (Å²) in [6.07, 6.45) is 1.68. The van der Waals surface area contributed by atoms with Gasteiger partial charge in [0.15, 0.2) is 0 Å². The third-order valence-corrected chi connectivity index (χ3v) is 5.92. The first-order chi connectivity index (χ1) is 8.50. The van der Waals surface area contributed by atoms with Crippen LogP contribution < -0.4 is 10.5 Å². The second-order valence-electron chi connectivity index (χ2n) is 4.17. The summed E-state index contributed by atoms with van der Waals surface area (Å²) in [6.45, 7) is 0. The maximum absolute atomic E-state index is 12.3. The van der Waals surface area contributed by atoms with Crippen LogP contribution in [0.5, 0.6) is 0 Å². The van der Waals surface area contributed by atoms with Gasteiger partial charge in [0, 0.05) is 6.04 Å². The number of nitrogens with one attached hydrogen (secondary N) is 1. The molecule has 1 saturated heterocycles. The highest BCUT2D eigenvalue weighted by Crippen LogP contribution is 2.28. The molecule has 0 saturated carbocycles. The second kappa shape index (κ2) is 5.69. The van der Waals surface area contributed by atoms with Crippen LogP contribution in [-0.2, 0) is 10.0 Å². The third-order valence-electron chi connectivity index (χ3n) is 2.81. The largest absolute Gasteiger partial charge is 0.398 e. The van der Waals surface area contributed by atoms with Crippen molar-refractivity contribution < 1.29 is 8.42 Å². The van der Waals surface area contributed by atoms with Gasteiger partial charge < -0.3 is 5.73 Å². The molecule has 0 atom stereocenters. The van der Waals surface area contributed by atoms with Crippen molar-refractivity contribution in [1.82, 2.24) is 4.72 Å². The van der Waals surface area contributed by atoms with Crippen LogP contribution in [0.3, 0.4) is 0 Å². The molecular formula is C11H15ClN2O2S2. The van der Waals surface area contributed by atoms with Crippen LogP contribution in [0.25, 0.3) is 0 Å². The summed E-state index contributed by atoms with van der Waals surface area (Å²) in [4.78, 5) is -0.00936. The van der Waals surface area contributed by atoms with Gasteiger partial charge in [0.2, 0.25) is 10.0 Å². The Bertz CT molecular complexity index is 508. The van der Waals surface area contributed by atoms with E-state index in [1.54, 1.807) is 6.07 Å². The third kappa shape index (κ3) is 3.12. The first kappa shape index (κ1) is 14.0. The molecule has 0 aliphatic carbocycles. The first-order valence-electron chi connectivity index (χ1n) is 5.65. The zero-order valence-electron chi connectivity index (χ0n) is 9.73. The standard InChI is InChI=1S/C11H15ClN2O2S2/c12-9-2-1-3-10(13)11(9)18(15,16)14-8-4-6-17-7-5-8/h1-3,8,14H,4-7,13H2. The highest BCUT2D eigenvalue weighted by molar-refractivity contribution is 7.99. The van der Waals surface area contributed by atoms with E-state index >= 15 is 0 Å². The smallest absolute Gasteiger partial charge is 0.244 e. The number of hydrogen-bond donors (Lipinski definition) is 2. The second-order valence-corrected chi connectivity index (χ2v) is 7.45. The zero-order valence-corrected chi connectivity index (χ0v) is 12.1. The average molecular weight is 307 g/mol. The van der Waals surface area contributed by atoms with Crippen LogP contribution in [0.2, 0.25) is 5.02 Å². The normalized spacial score (nSPS) is 17.8. The van der Waals surface area contributed by atoms with Gasteiger partial charge >= 0.3 is 0 Å². The Morgan fingerprint density at radius 2 is 2.00 bits per heavy atom. The molecule has 4 nitrogen and oxygen atoms in total. The predicted octanol–water partition coefficient (Wildman–Crippen LogP) is 2.10. The SMILES string of the molecule is Nc1cccc(Cl)c1S(=O)(=O)NC1CCSCC1. The van der Waals surface area contributed by atoms with Gasteiger partial charge in [-0.1, -0.05) is 17.7 Å². The Morgan fingerprint density at radius 1 is 1.33 bits per heavy atom. The van der Waals surface area contributed by atoms with E-state index in [2.05, 4.69) is 4.72 Å². The van der Waals surface area contributed by atoms with E-state index in [1.165, 1.54) is 12.1 Å². The number of sulfonamides is 1. The highest BCUT2D eigenvalue weighted by atomic mass is 35.5. The molecule has 0 spiro atoms. The van der Waals surface area contributed by atoms with Crippen LogP contribution in [0.4, 0.5) is 5.69 Å². The minimum Gasteiger partial charge on any atom is -0.398 e. The summed E-state index contributed by atoms with van der Waals surface area (Å²) in [5, 5.41) is 0.160. The van der Waals surface area contributed by atoms with Crippen LogP contribution in [0, 0.1) is 0 Å². The van der Waals surface area contributed by atoms with Crippen molar-refractivity contribution >= 4 is 39.1 Å². The summed E-state index contributed by atoms with van der Waals surface area (Å²) >= 11 is 7.77. The van der Waals surface area contributed by atoms with E-state index in [-0.39, 0.29) is 21.6 Å². The monoisotopic (exact) mass is 306 g/mol. The Labute approximate surface area is 116 Å². The number of thioether (sulfide) groups is 1. The van der Waals surface area contributed by atoms with Crippen LogP contribution in [0.1, 0.15) is 12.8 Å². The Hall–Kier alpha value is -0.430. The molecule has 3 N–H and O–H groups in total. The van der Waals surface area contributed by atoms with Gasteiger partial charge in [-0.15, -0.1) is 0 Å². The fourth-order valence-electron chi connectivity index (χ4n) is 1.90. The molecule has 100 valence electrons. The molecule has 7 heteroatoms. The van der Waals surface area contributed by atoms with Crippen molar-refractivity contribution in [3.63, 3.8) is 0 Å². The van der Waals surface area contributed by atoms with Crippen molar-refractivity contribution in [2.45, 2.75) is 23.8 Å². The number of rotatable bonds is 3. The molecule has 2 rings (SSSR count). The van der Waals surface area contributed by atoms with E-state index in [1.807, 2.05) is 11.8 Å². The minimum atomic E-state index is -3.64. The number of anilines is 1. The average Bonchev–Trinajstić information content (AvgIpc) is 2.28. The van der Waals surface area contributed by atoms with Crippen molar-refractivity contribution in [1.29, 1.82) is 0 Å². The van der Waals surface area contributed by atoms with Crippen LogP contribution >= 0.6 is 23.4 Å². The molecule has 1 aromatic carbocycles. The van der Waals surface area contributed by atoms with Gasteiger partial charge in [-0.05, 0) is 36.5 Å². The highest BCUT2D eigenvalue weighted by Gasteiger charge is 2.25. The van der Waals surface area contributed by atoms with Gasteiger partial charge in [0.1, 0.15) is 4.90 Å². The maximum atomic E-state index is 12.3. The van der Waals surface area contributed by atoms with Gasteiger partial charge in [0.05, 0.1) is 10.7 Å². The topological polar surface area (TPSA) is 72.2 Å². The lowest BCUT2D eigenvalue weighted by atomic mass is 10.2. The summed E-state index contributed by atoms with van der Waals surface area (Å²) in [5.41, 5.74) is 5.89. The molecular weight excluding hydrogens is 292 g/mol. The lowest BCUT2D eigenvalue weighted by Crippen LogP contribution is -2.37. The van der Waals surface area contributed by atoms with Gasteiger partial charge in [-0.25, -0.2) is 13.1 Å². The number of nitrogen functional groups attached to an aromatic ring is 1. The molecule has 0 bridgehead atoms. The van der Waals surface area contributed by atoms with E-state index < -0.39 is 10.0 Å². The molecule has 1 heterocycles. The Kier molecular flexibility index (Phi) is 4.42. The molecule has 0 aromatic heterocycles. The lowest BCUT2D eigenvalue weighted by Gasteiger charge is -2.23. The molecule has 1 aliphatic heterocycles. The van der Waals surface area contributed by atoms with E-state index in [0.717, 1.165) is 24.3 Å². The van der Waals surface area contributed by atoms with E-state index in [4.69, 9.17) is 17.3 Å². The molecule has 1 aromatic rings. The lowest BCUT2D eigenvalue weighted by molar-refractivity contribution is 0.529. The van der Waals surface area contributed by atoms with Crippen LogP contribution in [0.15, 0.2) is 23.1 Å². The van der Waals surface area contributed by atoms with E-state index in [0.29, 0.717) is 0 Å². The fourth-order valence-corrected chi connectivity index (χ4v) is 4.99. The van der Waals surface area contributed by atoms with Crippen molar-refractivity contribution in [3.05, 3.63) is 23.2 Å². The van der Waals surface area contributed by atoms with Crippen LogP contribution in [-0.4, -0.2) is 26.0 Å². The fraction of sp³-hybridized carbons (Fsp3) is 0.455. The predicted molar refractivity (Wildman–Crippen MR) is 76.5 cm³/mol. The van der Waals surface area contributed by atoms with E-state index in [9.17, 15) is 8.42 Å². The summed E-state index contributed by atoms with van der Waals surface area (Å²) in [5.74, 6) is 1.95. The quantitative estimate of drug-likeness (QED) is 0.839. The van der Waals surface area contributed by atoms with Gasteiger partial charge in [-0.2, -0.15) is 11.8 Å². The van der Waals surface area contributed by atoms with Crippen molar-refractivity contribution in [2.75, 3.05) is 17.2 Å². The number of nitrogens with two attached hydrogens (primary N) is 1. The van der Waals surface area contributed by atoms with Crippen molar-refractivity contribution in [3.8, 4) is 0 Å². The summed E-state index contributed by atoms with van der Waals surface area (Å²) in [6, 6.07) is 4.68. The molecule has 1 fully saturated rings. The Balaban J connectivity index is 2.25. The number of hydrogen-bond acceptors (Lipinski definition) is 4. The number of benzene rings is 1. The molecule has 18 heavy (non-hydrogen) atoms. The molecule has 0 amide bonds. The maximum Gasteiger partial charge on any atom is 0.244 e. The summed E-state index contributed by atoms with van der Waals surface area (Å²) < 4.78 is 27.2.